The summed E-state index contributed by atoms with van der Waals surface area (Å²) in [4.78, 5) is 16.6. The minimum absolute atomic E-state index is 0.397. The third-order valence-electron chi connectivity index (χ3n) is 2.66. The molecule has 0 aliphatic carbocycles. The van der Waals surface area contributed by atoms with Gasteiger partial charge in [-0.3, -0.25) is 0 Å². The molecule has 17 heavy (non-hydrogen) atoms. The molecule has 1 aromatic rings. The van der Waals surface area contributed by atoms with E-state index in [-0.39, 0.29) is 0 Å². The predicted octanol–water partition coefficient (Wildman–Crippen LogP) is 0.142. The van der Waals surface area contributed by atoms with Gasteiger partial charge in [0.15, 0.2) is 11.6 Å². The van der Waals surface area contributed by atoms with E-state index in [0.29, 0.717) is 18.1 Å². The molecule has 1 aromatic heterocycles. The fourth-order valence-corrected chi connectivity index (χ4v) is 1.72. The van der Waals surface area contributed by atoms with E-state index in [1.54, 1.807) is 12.5 Å². The van der Waals surface area contributed by atoms with Gasteiger partial charge in [0.1, 0.15) is 17.8 Å². The summed E-state index contributed by atoms with van der Waals surface area (Å²) in [6, 6.07) is 0. The van der Waals surface area contributed by atoms with Crippen LogP contribution in [0.3, 0.4) is 0 Å². The Morgan fingerprint density at radius 3 is 2.88 bits per heavy atom. The van der Waals surface area contributed by atoms with Crippen molar-refractivity contribution in [2.75, 3.05) is 5.73 Å². The van der Waals surface area contributed by atoms with Crippen molar-refractivity contribution in [2.24, 2.45) is 7.05 Å². The molecule has 86 valence electrons. The van der Waals surface area contributed by atoms with E-state index < -0.39 is 0 Å². The number of aryl methyl sites for hydroxylation is 1. The smallest absolute Gasteiger partial charge is 0.165 e. The Labute approximate surface area is 97.3 Å². The van der Waals surface area contributed by atoms with E-state index in [2.05, 4.69) is 19.9 Å². The SMILES string of the molecule is Cn1ccnc1Cn1cnc(N)c2ncnc1-2. The maximum absolute atomic E-state index is 5.73. The monoisotopic (exact) mass is 229 g/mol. The number of nitrogens with zero attached hydrogens (tertiary/aromatic N) is 6. The second-order valence-corrected chi connectivity index (χ2v) is 3.76. The van der Waals surface area contributed by atoms with Crippen LogP contribution in [0, 0.1) is 0 Å². The first-order chi connectivity index (χ1) is 8.25. The largest absolute Gasteiger partial charge is 0.382 e. The number of anilines is 1. The summed E-state index contributed by atoms with van der Waals surface area (Å²) in [5, 5.41) is 0. The van der Waals surface area contributed by atoms with E-state index >= 15 is 0 Å². The van der Waals surface area contributed by atoms with Gasteiger partial charge in [-0.15, -0.1) is 0 Å². The predicted molar refractivity (Wildman–Crippen MR) is 61.2 cm³/mol. The summed E-state index contributed by atoms with van der Waals surface area (Å²) >= 11 is 0. The number of aromatic nitrogens is 6. The average Bonchev–Trinajstić information content (AvgIpc) is 2.93. The summed E-state index contributed by atoms with van der Waals surface area (Å²) in [5.41, 5.74) is 6.35. The van der Waals surface area contributed by atoms with E-state index in [1.165, 1.54) is 6.33 Å². The van der Waals surface area contributed by atoms with Gasteiger partial charge in [-0.05, 0) is 0 Å². The summed E-state index contributed by atoms with van der Waals surface area (Å²) < 4.78 is 3.83. The van der Waals surface area contributed by atoms with Crippen molar-refractivity contribution in [3.05, 3.63) is 30.9 Å². The van der Waals surface area contributed by atoms with Gasteiger partial charge in [-0.2, -0.15) is 0 Å². The molecule has 0 spiro atoms. The first-order valence-corrected chi connectivity index (χ1v) is 5.13. The standard InChI is InChI=1S/C10H11N7/c1-16-3-2-12-7(16)4-17-6-15-9(11)8-10(17)14-5-13-8/h2-3,5-6H,4,11H2,1H3. The molecule has 2 aliphatic heterocycles. The Morgan fingerprint density at radius 1 is 1.24 bits per heavy atom. The zero-order valence-electron chi connectivity index (χ0n) is 9.28. The topological polar surface area (TPSA) is 87.4 Å². The van der Waals surface area contributed by atoms with E-state index in [4.69, 9.17) is 5.73 Å². The quantitative estimate of drug-likeness (QED) is 0.675. The van der Waals surface area contributed by atoms with Crippen molar-refractivity contribution in [2.45, 2.75) is 6.54 Å². The van der Waals surface area contributed by atoms with Crippen LogP contribution in [0.1, 0.15) is 5.82 Å². The summed E-state index contributed by atoms with van der Waals surface area (Å²) in [6.45, 7) is 0.589. The van der Waals surface area contributed by atoms with Crippen molar-refractivity contribution >= 4 is 5.82 Å². The molecule has 0 amide bonds. The number of imidazole rings is 2. The Morgan fingerprint density at radius 2 is 2.12 bits per heavy atom. The van der Waals surface area contributed by atoms with Crippen molar-refractivity contribution in [3.8, 4) is 11.5 Å². The van der Waals surface area contributed by atoms with Gasteiger partial charge in [0.2, 0.25) is 0 Å². The van der Waals surface area contributed by atoms with E-state index in [9.17, 15) is 0 Å². The average molecular weight is 229 g/mol. The normalized spacial score (nSPS) is 11.1. The Bertz CT molecular complexity index is 623. The van der Waals surface area contributed by atoms with Crippen molar-refractivity contribution < 1.29 is 0 Å². The zero-order chi connectivity index (χ0) is 11.8. The number of nitrogen functional groups attached to an aromatic ring is 1. The van der Waals surface area contributed by atoms with Crippen LogP contribution in [0.15, 0.2) is 25.0 Å². The molecule has 0 saturated carbocycles. The second kappa shape index (κ2) is 3.55. The van der Waals surface area contributed by atoms with E-state index in [0.717, 1.165) is 11.6 Å². The van der Waals surface area contributed by atoms with Crippen molar-refractivity contribution in [3.63, 3.8) is 0 Å². The molecule has 0 unspecified atom stereocenters. The number of fused-ring (bicyclic) bond motifs is 1. The molecular formula is C10H11N7. The minimum Gasteiger partial charge on any atom is -0.382 e. The van der Waals surface area contributed by atoms with Gasteiger partial charge in [0, 0.05) is 19.4 Å². The number of hydrogen-bond acceptors (Lipinski definition) is 5. The molecule has 7 heteroatoms. The molecule has 7 nitrogen and oxygen atoms in total. The molecule has 0 atom stereocenters. The fourth-order valence-electron chi connectivity index (χ4n) is 1.72. The lowest BCUT2D eigenvalue weighted by molar-refractivity contribution is 0.683. The van der Waals surface area contributed by atoms with Gasteiger partial charge in [-0.25, -0.2) is 19.9 Å². The highest BCUT2D eigenvalue weighted by Crippen LogP contribution is 2.21. The molecule has 0 bridgehead atoms. The minimum atomic E-state index is 0.397. The molecule has 2 N–H and O–H groups in total. The summed E-state index contributed by atoms with van der Waals surface area (Å²) in [5.74, 6) is 2.04. The van der Waals surface area contributed by atoms with Crippen LogP contribution < -0.4 is 5.73 Å². The van der Waals surface area contributed by atoms with Crippen LogP contribution in [0.4, 0.5) is 5.82 Å². The Hall–Kier alpha value is -2.44. The third-order valence-corrected chi connectivity index (χ3v) is 2.66. The maximum Gasteiger partial charge on any atom is 0.165 e. The highest BCUT2D eigenvalue weighted by atomic mass is 15.2. The Kier molecular flexibility index (Phi) is 2.04. The van der Waals surface area contributed by atoms with Crippen LogP contribution in [-0.4, -0.2) is 29.1 Å². The van der Waals surface area contributed by atoms with Crippen molar-refractivity contribution in [1.82, 2.24) is 29.1 Å². The number of hydrogen-bond donors (Lipinski definition) is 1. The highest BCUT2D eigenvalue weighted by Gasteiger charge is 2.15. The van der Waals surface area contributed by atoms with E-state index in [1.807, 2.05) is 22.4 Å². The molecular weight excluding hydrogens is 218 g/mol. The van der Waals surface area contributed by atoms with Gasteiger partial charge in [0.05, 0.1) is 12.9 Å². The van der Waals surface area contributed by atoms with Gasteiger partial charge >= 0.3 is 0 Å². The van der Waals surface area contributed by atoms with Crippen LogP contribution in [-0.2, 0) is 13.6 Å². The molecule has 0 radical (unpaired) electrons. The van der Waals surface area contributed by atoms with Gasteiger partial charge < -0.3 is 14.9 Å². The third kappa shape index (κ3) is 1.52. The maximum atomic E-state index is 5.73. The molecule has 0 aromatic carbocycles. The number of nitrogens with two attached hydrogens (primary N) is 1. The number of rotatable bonds is 2. The molecule has 2 aliphatic rings. The van der Waals surface area contributed by atoms with Crippen LogP contribution in [0.25, 0.3) is 11.5 Å². The van der Waals surface area contributed by atoms with Gasteiger partial charge in [0.25, 0.3) is 0 Å². The van der Waals surface area contributed by atoms with Crippen LogP contribution >= 0.6 is 0 Å². The Balaban J connectivity index is 2.05. The first kappa shape index (κ1) is 9.76. The highest BCUT2D eigenvalue weighted by molar-refractivity contribution is 5.64. The molecule has 0 saturated heterocycles. The zero-order valence-corrected chi connectivity index (χ0v) is 9.28. The molecule has 3 heterocycles. The summed E-state index contributed by atoms with van der Waals surface area (Å²) in [6.07, 6.45) is 6.79. The van der Waals surface area contributed by atoms with Gasteiger partial charge in [-0.1, -0.05) is 0 Å². The lowest BCUT2D eigenvalue weighted by atomic mass is 10.3. The second-order valence-electron chi connectivity index (χ2n) is 3.76. The summed E-state index contributed by atoms with van der Waals surface area (Å²) in [7, 11) is 1.95. The lowest BCUT2D eigenvalue weighted by Gasteiger charge is -2.10. The van der Waals surface area contributed by atoms with Crippen molar-refractivity contribution in [1.29, 1.82) is 0 Å². The van der Waals surface area contributed by atoms with Crippen LogP contribution in [0.2, 0.25) is 0 Å². The fraction of sp³-hybridized carbons (Fsp3) is 0.200. The molecule has 3 rings (SSSR count). The van der Waals surface area contributed by atoms with Crippen LogP contribution in [0.5, 0.6) is 0 Å². The first-order valence-electron chi connectivity index (χ1n) is 5.13. The molecule has 0 fully saturated rings. The lowest BCUT2D eigenvalue weighted by Crippen LogP contribution is -2.11.